The van der Waals surface area contributed by atoms with Crippen molar-refractivity contribution >= 4 is 17.5 Å². The van der Waals surface area contributed by atoms with Crippen molar-refractivity contribution in [3.63, 3.8) is 0 Å². The van der Waals surface area contributed by atoms with Crippen molar-refractivity contribution in [1.29, 1.82) is 5.26 Å². The van der Waals surface area contributed by atoms with Gasteiger partial charge in [-0.2, -0.15) is 23.4 Å². The molecule has 5 nitrogen and oxygen atoms in total. The predicted octanol–water partition coefficient (Wildman–Crippen LogP) is 3.31. The first-order valence-electron chi connectivity index (χ1n) is 6.37. The van der Waals surface area contributed by atoms with Gasteiger partial charge in [0.05, 0.1) is 23.5 Å². The number of fused-ring (bicyclic) bond motifs is 1. The third-order valence-electron chi connectivity index (χ3n) is 2.93. The maximum atomic E-state index is 12.7. The minimum atomic E-state index is -4.36. The lowest BCUT2D eigenvalue weighted by Crippen LogP contribution is -2.04. The molecule has 0 fully saturated rings. The number of rotatable bonds is 3. The molecule has 0 saturated carbocycles. The van der Waals surface area contributed by atoms with E-state index in [2.05, 4.69) is 15.1 Å². The van der Waals surface area contributed by atoms with Crippen LogP contribution in [0.3, 0.4) is 0 Å². The summed E-state index contributed by atoms with van der Waals surface area (Å²) in [7, 11) is 0. The van der Waals surface area contributed by atoms with Crippen molar-refractivity contribution in [3.8, 4) is 6.07 Å². The first-order chi connectivity index (χ1) is 11.0. The van der Waals surface area contributed by atoms with Crippen molar-refractivity contribution in [1.82, 2.24) is 19.6 Å². The quantitative estimate of drug-likeness (QED) is 0.687. The van der Waals surface area contributed by atoms with Crippen molar-refractivity contribution in [2.24, 2.45) is 0 Å². The number of hydrogen-bond acceptors (Lipinski definition) is 5. The molecule has 0 N–H and O–H groups in total. The lowest BCUT2D eigenvalue weighted by molar-refractivity contribution is -0.137. The highest BCUT2D eigenvalue weighted by molar-refractivity contribution is 7.98. The Kier molecular flexibility index (Phi) is 3.92. The molecule has 0 amide bonds. The molecule has 0 aliphatic carbocycles. The molecule has 0 aliphatic rings. The zero-order chi connectivity index (χ0) is 16.4. The third-order valence-corrected chi connectivity index (χ3v) is 3.83. The Morgan fingerprint density at radius 1 is 1.30 bits per heavy atom. The van der Waals surface area contributed by atoms with E-state index < -0.39 is 11.7 Å². The minimum absolute atomic E-state index is 0.298. The number of hydrogen-bond donors (Lipinski definition) is 0. The fourth-order valence-corrected chi connectivity index (χ4v) is 2.63. The van der Waals surface area contributed by atoms with Crippen LogP contribution in [-0.4, -0.2) is 19.6 Å². The van der Waals surface area contributed by atoms with Crippen LogP contribution < -0.4 is 0 Å². The van der Waals surface area contributed by atoms with Crippen LogP contribution in [0.4, 0.5) is 13.2 Å². The molecule has 0 bridgehead atoms. The SMILES string of the molecule is N#Cc1cnc2nc(SCc3cccc(C(F)(F)F)c3)nn2c1. The zero-order valence-electron chi connectivity index (χ0n) is 11.4. The van der Waals surface area contributed by atoms with Crippen LogP contribution >= 0.6 is 11.8 Å². The fraction of sp³-hybridized carbons (Fsp3) is 0.143. The molecule has 0 unspecified atom stereocenters. The van der Waals surface area contributed by atoms with Gasteiger partial charge in [-0.25, -0.2) is 9.50 Å². The molecule has 3 rings (SSSR count). The Bertz CT molecular complexity index is 897. The van der Waals surface area contributed by atoms with Crippen LogP contribution in [0.15, 0.2) is 41.8 Å². The number of aromatic nitrogens is 4. The van der Waals surface area contributed by atoms with Crippen LogP contribution in [0, 0.1) is 11.3 Å². The van der Waals surface area contributed by atoms with Crippen molar-refractivity contribution < 1.29 is 13.2 Å². The van der Waals surface area contributed by atoms with Crippen molar-refractivity contribution in [2.45, 2.75) is 17.1 Å². The second-order valence-corrected chi connectivity index (χ2v) is 5.52. The van der Waals surface area contributed by atoms with Gasteiger partial charge >= 0.3 is 6.18 Å². The fourth-order valence-electron chi connectivity index (χ4n) is 1.87. The number of nitriles is 1. The smallest absolute Gasteiger partial charge is 0.218 e. The summed E-state index contributed by atoms with van der Waals surface area (Å²) < 4.78 is 39.4. The monoisotopic (exact) mass is 335 g/mol. The summed E-state index contributed by atoms with van der Waals surface area (Å²) in [6.45, 7) is 0. The second kappa shape index (κ2) is 5.89. The highest BCUT2D eigenvalue weighted by atomic mass is 32.2. The standard InChI is InChI=1S/C14H8F3N5S/c15-14(16,17)11-3-1-2-9(4-11)8-23-13-20-12-19-6-10(5-18)7-22(12)21-13/h1-4,6-7H,8H2. The summed E-state index contributed by atoms with van der Waals surface area (Å²) in [4.78, 5) is 8.13. The van der Waals surface area contributed by atoms with Crippen LogP contribution in [0.2, 0.25) is 0 Å². The van der Waals surface area contributed by atoms with Gasteiger partial charge in [-0.05, 0) is 11.6 Å². The molecular weight excluding hydrogens is 327 g/mol. The normalized spacial score (nSPS) is 11.6. The van der Waals surface area contributed by atoms with Crippen molar-refractivity contribution in [2.75, 3.05) is 0 Å². The Morgan fingerprint density at radius 2 is 2.13 bits per heavy atom. The largest absolute Gasteiger partial charge is 0.416 e. The Hall–Kier alpha value is -2.60. The number of halogens is 3. The van der Waals surface area contributed by atoms with Gasteiger partial charge in [0, 0.05) is 5.75 Å². The van der Waals surface area contributed by atoms with Gasteiger partial charge in [0.15, 0.2) is 0 Å². The van der Waals surface area contributed by atoms with Crippen LogP contribution in [0.5, 0.6) is 0 Å². The zero-order valence-corrected chi connectivity index (χ0v) is 12.3. The van der Waals surface area contributed by atoms with Gasteiger partial charge in [0.25, 0.3) is 5.78 Å². The molecule has 2 aromatic heterocycles. The maximum Gasteiger partial charge on any atom is 0.416 e. The van der Waals surface area contributed by atoms with E-state index in [9.17, 15) is 13.2 Å². The molecule has 0 spiro atoms. The Labute approximate surface area is 132 Å². The molecule has 2 heterocycles. The summed E-state index contributed by atoms with van der Waals surface area (Å²) in [6, 6.07) is 7.07. The molecule has 0 radical (unpaired) electrons. The van der Waals surface area contributed by atoms with E-state index in [1.165, 1.54) is 34.7 Å². The Balaban J connectivity index is 1.77. The lowest BCUT2D eigenvalue weighted by atomic mass is 10.1. The summed E-state index contributed by atoms with van der Waals surface area (Å²) in [5, 5.41) is 13.3. The predicted molar refractivity (Wildman–Crippen MR) is 76.5 cm³/mol. The van der Waals surface area contributed by atoms with Gasteiger partial charge < -0.3 is 0 Å². The molecule has 0 atom stereocenters. The Morgan fingerprint density at radius 3 is 2.87 bits per heavy atom. The number of alkyl halides is 3. The van der Waals surface area contributed by atoms with E-state index >= 15 is 0 Å². The maximum absolute atomic E-state index is 12.7. The highest BCUT2D eigenvalue weighted by Gasteiger charge is 2.30. The molecule has 9 heteroatoms. The summed E-state index contributed by atoms with van der Waals surface area (Å²) in [5.74, 6) is 0.627. The molecule has 116 valence electrons. The number of nitrogens with zero attached hydrogens (tertiary/aromatic N) is 5. The van der Waals surface area contributed by atoms with Gasteiger partial charge in [0.1, 0.15) is 6.07 Å². The van der Waals surface area contributed by atoms with E-state index in [0.29, 0.717) is 27.8 Å². The molecule has 1 aromatic carbocycles. The first-order valence-corrected chi connectivity index (χ1v) is 7.36. The van der Waals surface area contributed by atoms with E-state index in [4.69, 9.17) is 5.26 Å². The van der Waals surface area contributed by atoms with Crippen LogP contribution in [0.1, 0.15) is 16.7 Å². The van der Waals surface area contributed by atoms with Crippen LogP contribution in [-0.2, 0) is 11.9 Å². The number of thioether (sulfide) groups is 1. The summed E-state index contributed by atoms with van der Waals surface area (Å²) in [5.41, 5.74) is 0.185. The third kappa shape index (κ3) is 3.43. The van der Waals surface area contributed by atoms with Gasteiger partial charge in [-0.1, -0.05) is 30.0 Å². The van der Waals surface area contributed by atoms with E-state index in [0.717, 1.165) is 12.1 Å². The van der Waals surface area contributed by atoms with E-state index in [1.54, 1.807) is 6.07 Å². The van der Waals surface area contributed by atoms with Gasteiger partial charge in [0.2, 0.25) is 5.16 Å². The molecule has 3 aromatic rings. The molecule has 0 aliphatic heterocycles. The first kappa shape index (κ1) is 15.3. The lowest BCUT2D eigenvalue weighted by Gasteiger charge is -2.07. The van der Waals surface area contributed by atoms with Gasteiger partial charge in [-0.15, -0.1) is 5.10 Å². The average molecular weight is 335 g/mol. The topological polar surface area (TPSA) is 66.9 Å². The van der Waals surface area contributed by atoms with Gasteiger partial charge in [-0.3, -0.25) is 0 Å². The highest BCUT2D eigenvalue weighted by Crippen LogP contribution is 2.30. The summed E-state index contributed by atoms with van der Waals surface area (Å²) in [6.07, 6.45) is -1.49. The minimum Gasteiger partial charge on any atom is -0.218 e. The van der Waals surface area contributed by atoms with Crippen LogP contribution in [0.25, 0.3) is 5.78 Å². The molecular formula is C14H8F3N5S. The summed E-state index contributed by atoms with van der Waals surface area (Å²) >= 11 is 1.20. The van der Waals surface area contributed by atoms with E-state index in [1.807, 2.05) is 6.07 Å². The number of benzene rings is 1. The average Bonchev–Trinajstić information content (AvgIpc) is 2.94. The second-order valence-electron chi connectivity index (χ2n) is 4.58. The molecule has 23 heavy (non-hydrogen) atoms. The van der Waals surface area contributed by atoms with E-state index in [-0.39, 0.29) is 0 Å². The molecule has 0 saturated heterocycles. The van der Waals surface area contributed by atoms with Crippen molar-refractivity contribution in [3.05, 3.63) is 53.3 Å².